The molecule has 0 aliphatic heterocycles. The average molecular weight is 451 g/mol. The Hall–Kier alpha value is -4.58. The summed E-state index contributed by atoms with van der Waals surface area (Å²) in [5, 5.41) is 10.8. The Bertz CT molecular complexity index is 1480. The SMILES string of the molecule is O=c1c(O)c(-c2ccc(OCc3ccccc3)c(OCc3ccccc3)c2)oc2ncccc12. The fraction of sp³-hybridized carbons (Fsp3) is 0.0714. The second-order valence-electron chi connectivity index (χ2n) is 7.68. The molecule has 168 valence electrons. The average Bonchev–Trinajstić information content (AvgIpc) is 2.90. The van der Waals surface area contributed by atoms with Gasteiger partial charge in [-0.1, -0.05) is 60.7 Å². The number of aromatic hydroxyl groups is 1. The summed E-state index contributed by atoms with van der Waals surface area (Å²) in [6.45, 7) is 0.684. The third-order valence-electron chi connectivity index (χ3n) is 5.32. The van der Waals surface area contributed by atoms with Crippen molar-refractivity contribution >= 4 is 11.1 Å². The van der Waals surface area contributed by atoms with Gasteiger partial charge in [-0.2, -0.15) is 0 Å². The van der Waals surface area contributed by atoms with Crippen LogP contribution in [-0.4, -0.2) is 10.1 Å². The molecule has 6 nitrogen and oxygen atoms in total. The Kier molecular flexibility index (Phi) is 5.95. The molecule has 0 radical (unpaired) electrons. The van der Waals surface area contributed by atoms with Crippen molar-refractivity contribution in [3.8, 4) is 28.6 Å². The van der Waals surface area contributed by atoms with Crippen LogP contribution in [0.4, 0.5) is 0 Å². The van der Waals surface area contributed by atoms with Crippen molar-refractivity contribution in [1.82, 2.24) is 4.98 Å². The number of nitrogens with zero attached hydrogens (tertiary/aromatic N) is 1. The number of benzene rings is 3. The summed E-state index contributed by atoms with van der Waals surface area (Å²) in [5.41, 5.74) is 2.09. The molecule has 6 heteroatoms. The molecule has 0 fully saturated rings. The molecule has 2 aromatic heterocycles. The van der Waals surface area contributed by atoms with E-state index in [1.807, 2.05) is 60.7 Å². The lowest BCUT2D eigenvalue weighted by Crippen LogP contribution is -2.04. The first-order chi connectivity index (χ1) is 16.7. The third kappa shape index (κ3) is 4.47. The van der Waals surface area contributed by atoms with E-state index >= 15 is 0 Å². The van der Waals surface area contributed by atoms with Gasteiger partial charge in [-0.3, -0.25) is 4.79 Å². The summed E-state index contributed by atoms with van der Waals surface area (Å²) in [6.07, 6.45) is 1.53. The molecular formula is C28H21NO5. The van der Waals surface area contributed by atoms with Crippen molar-refractivity contribution in [2.45, 2.75) is 13.2 Å². The highest BCUT2D eigenvalue weighted by Crippen LogP contribution is 2.37. The van der Waals surface area contributed by atoms with Crippen molar-refractivity contribution < 1.29 is 19.0 Å². The van der Waals surface area contributed by atoms with Gasteiger partial charge in [0.15, 0.2) is 17.3 Å². The minimum atomic E-state index is -0.541. The van der Waals surface area contributed by atoms with Crippen LogP contribution in [0.3, 0.4) is 0 Å². The van der Waals surface area contributed by atoms with Crippen molar-refractivity contribution in [2.75, 3.05) is 0 Å². The van der Waals surface area contributed by atoms with E-state index in [9.17, 15) is 9.90 Å². The highest BCUT2D eigenvalue weighted by Gasteiger charge is 2.18. The second kappa shape index (κ2) is 9.50. The van der Waals surface area contributed by atoms with Gasteiger partial charge in [-0.05, 0) is 41.5 Å². The molecule has 0 aliphatic carbocycles. The van der Waals surface area contributed by atoms with Crippen LogP contribution >= 0.6 is 0 Å². The molecule has 5 rings (SSSR count). The summed E-state index contributed by atoms with van der Waals surface area (Å²) in [4.78, 5) is 16.8. The summed E-state index contributed by atoms with van der Waals surface area (Å²) in [6, 6.07) is 27.9. The Morgan fingerprint density at radius 1 is 0.765 bits per heavy atom. The summed E-state index contributed by atoms with van der Waals surface area (Å²) in [5.74, 6) is 0.535. The van der Waals surface area contributed by atoms with E-state index in [1.54, 1.807) is 30.3 Å². The minimum absolute atomic E-state index is 0.0235. The van der Waals surface area contributed by atoms with E-state index in [2.05, 4.69) is 4.98 Å². The van der Waals surface area contributed by atoms with E-state index in [0.29, 0.717) is 30.3 Å². The summed E-state index contributed by atoms with van der Waals surface area (Å²) >= 11 is 0. The predicted octanol–water partition coefficient (Wildman–Crippen LogP) is 5.72. The second-order valence-corrected chi connectivity index (χ2v) is 7.68. The molecule has 0 spiro atoms. The minimum Gasteiger partial charge on any atom is -0.502 e. The zero-order chi connectivity index (χ0) is 23.3. The van der Waals surface area contributed by atoms with Crippen LogP contribution in [0.15, 0.2) is 106 Å². The third-order valence-corrected chi connectivity index (χ3v) is 5.32. The lowest BCUT2D eigenvalue weighted by atomic mass is 10.1. The lowest BCUT2D eigenvalue weighted by molar-refractivity contribution is 0.256. The van der Waals surface area contributed by atoms with Crippen molar-refractivity contribution in [3.63, 3.8) is 0 Å². The van der Waals surface area contributed by atoms with E-state index in [4.69, 9.17) is 13.9 Å². The number of pyridine rings is 1. The Balaban J connectivity index is 1.52. The fourth-order valence-electron chi connectivity index (χ4n) is 3.57. The van der Waals surface area contributed by atoms with Crippen molar-refractivity contribution in [3.05, 3.63) is 119 Å². The van der Waals surface area contributed by atoms with Gasteiger partial charge < -0.3 is 19.0 Å². The molecule has 0 bridgehead atoms. The van der Waals surface area contributed by atoms with Crippen LogP contribution in [0.2, 0.25) is 0 Å². The first-order valence-electron chi connectivity index (χ1n) is 10.8. The number of rotatable bonds is 7. The van der Waals surface area contributed by atoms with E-state index in [1.165, 1.54) is 6.20 Å². The highest BCUT2D eigenvalue weighted by atomic mass is 16.5. The van der Waals surface area contributed by atoms with Gasteiger partial charge in [0.1, 0.15) is 13.2 Å². The number of hydrogen-bond donors (Lipinski definition) is 1. The standard InChI is InChI=1S/C28H21NO5/c30-25-22-12-7-15-29-28(22)34-27(26(25)31)21-13-14-23(32-17-19-8-3-1-4-9-19)24(16-21)33-18-20-10-5-2-6-11-20/h1-16,31H,17-18H2. The Morgan fingerprint density at radius 3 is 2.09 bits per heavy atom. The topological polar surface area (TPSA) is 81.8 Å². The highest BCUT2D eigenvalue weighted by molar-refractivity contribution is 5.79. The number of hydrogen-bond acceptors (Lipinski definition) is 6. The first-order valence-corrected chi connectivity index (χ1v) is 10.8. The first kappa shape index (κ1) is 21.3. The van der Waals surface area contributed by atoms with E-state index in [0.717, 1.165) is 11.1 Å². The van der Waals surface area contributed by atoms with Crippen molar-refractivity contribution in [2.24, 2.45) is 0 Å². The van der Waals surface area contributed by atoms with Crippen LogP contribution in [0.1, 0.15) is 11.1 Å². The van der Waals surface area contributed by atoms with Gasteiger partial charge in [0.25, 0.3) is 0 Å². The number of aromatic nitrogens is 1. The van der Waals surface area contributed by atoms with Gasteiger partial charge in [0.05, 0.1) is 5.39 Å². The summed E-state index contributed by atoms with van der Waals surface area (Å²) in [7, 11) is 0. The largest absolute Gasteiger partial charge is 0.502 e. The van der Waals surface area contributed by atoms with Crippen LogP contribution < -0.4 is 14.9 Å². The molecule has 2 heterocycles. The quantitative estimate of drug-likeness (QED) is 0.341. The molecule has 5 aromatic rings. The van der Waals surface area contributed by atoms with Gasteiger partial charge in [-0.25, -0.2) is 4.98 Å². The molecule has 3 aromatic carbocycles. The molecule has 1 N–H and O–H groups in total. The van der Waals surface area contributed by atoms with Crippen LogP contribution in [0.5, 0.6) is 17.2 Å². The van der Waals surface area contributed by atoms with Gasteiger partial charge in [0.2, 0.25) is 16.9 Å². The van der Waals surface area contributed by atoms with Gasteiger partial charge in [-0.15, -0.1) is 0 Å². The zero-order valence-corrected chi connectivity index (χ0v) is 18.2. The molecule has 0 atom stereocenters. The smallest absolute Gasteiger partial charge is 0.236 e. The molecule has 0 aliphatic rings. The molecule has 34 heavy (non-hydrogen) atoms. The Labute approximate surface area is 195 Å². The maximum Gasteiger partial charge on any atom is 0.236 e. The van der Waals surface area contributed by atoms with Gasteiger partial charge >= 0.3 is 0 Å². The zero-order valence-electron chi connectivity index (χ0n) is 18.2. The molecule has 0 saturated heterocycles. The van der Waals surface area contributed by atoms with Crippen LogP contribution in [0, 0.1) is 0 Å². The number of fused-ring (bicyclic) bond motifs is 1. The molecule has 0 unspecified atom stereocenters. The normalized spacial score (nSPS) is 10.8. The van der Waals surface area contributed by atoms with Crippen molar-refractivity contribution in [1.29, 1.82) is 0 Å². The van der Waals surface area contributed by atoms with Crippen LogP contribution in [0.25, 0.3) is 22.4 Å². The summed E-state index contributed by atoms with van der Waals surface area (Å²) < 4.78 is 17.9. The van der Waals surface area contributed by atoms with E-state index in [-0.39, 0.29) is 16.9 Å². The molecule has 0 saturated carbocycles. The maximum atomic E-state index is 12.6. The van der Waals surface area contributed by atoms with Gasteiger partial charge in [0, 0.05) is 11.8 Å². The van der Waals surface area contributed by atoms with E-state index < -0.39 is 11.2 Å². The van der Waals surface area contributed by atoms with Crippen LogP contribution in [-0.2, 0) is 13.2 Å². The number of ether oxygens (including phenoxy) is 2. The Morgan fingerprint density at radius 2 is 1.41 bits per heavy atom. The maximum absolute atomic E-state index is 12.6. The fourth-order valence-corrected chi connectivity index (χ4v) is 3.57. The molecule has 0 amide bonds. The molecular weight excluding hydrogens is 430 g/mol. The lowest BCUT2D eigenvalue weighted by Gasteiger charge is -2.15. The predicted molar refractivity (Wildman–Crippen MR) is 129 cm³/mol. The monoisotopic (exact) mass is 451 g/mol.